The zero-order valence-electron chi connectivity index (χ0n) is 10.2. The first-order chi connectivity index (χ1) is 7.36. The highest BCUT2D eigenvalue weighted by atomic mass is 16.4. The lowest BCUT2D eigenvalue weighted by molar-refractivity contribution is -0.146. The predicted octanol–water partition coefficient (Wildman–Crippen LogP) is 1.79. The number of carbonyl (C=O) groups is 2. The third-order valence-electron chi connectivity index (χ3n) is 3.69. The Morgan fingerprint density at radius 1 is 1.19 bits per heavy atom. The van der Waals surface area contributed by atoms with E-state index in [2.05, 4.69) is 5.32 Å². The second-order valence-corrected chi connectivity index (χ2v) is 5.17. The Morgan fingerprint density at radius 3 is 2.12 bits per heavy atom. The Hall–Kier alpha value is -1.06. The Morgan fingerprint density at radius 2 is 1.69 bits per heavy atom. The highest BCUT2D eigenvalue weighted by Crippen LogP contribution is 2.29. The fourth-order valence-corrected chi connectivity index (χ4v) is 2.13. The van der Waals surface area contributed by atoms with Crippen molar-refractivity contribution in [1.82, 2.24) is 5.32 Å². The molecule has 0 saturated heterocycles. The predicted molar refractivity (Wildman–Crippen MR) is 61.0 cm³/mol. The third kappa shape index (κ3) is 2.97. The Bertz CT molecular complexity index is 282. The van der Waals surface area contributed by atoms with Crippen molar-refractivity contribution in [3.8, 4) is 0 Å². The van der Waals surface area contributed by atoms with Crippen LogP contribution in [-0.4, -0.2) is 22.5 Å². The molecule has 2 atom stereocenters. The molecule has 1 amide bonds. The van der Waals surface area contributed by atoms with E-state index in [1.807, 2.05) is 6.92 Å². The molecule has 1 saturated carbocycles. The van der Waals surface area contributed by atoms with Gasteiger partial charge in [-0.1, -0.05) is 26.7 Å². The molecule has 1 fully saturated rings. The summed E-state index contributed by atoms with van der Waals surface area (Å²) in [6.45, 7) is 5.28. The number of carboxylic acids is 1. The van der Waals surface area contributed by atoms with Gasteiger partial charge in [-0.05, 0) is 19.8 Å². The van der Waals surface area contributed by atoms with Crippen LogP contribution in [0.4, 0.5) is 0 Å². The van der Waals surface area contributed by atoms with Crippen LogP contribution < -0.4 is 5.32 Å². The number of nitrogens with one attached hydrogen (secondary N) is 1. The number of carboxylic acid groups (broad SMARTS) is 1. The molecule has 0 spiro atoms. The van der Waals surface area contributed by atoms with Crippen LogP contribution in [0.3, 0.4) is 0 Å². The van der Waals surface area contributed by atoms with E-state index >= 15 is 0 Å². The van der Waals surface area contributed by atoms with Gasteiger partial charge in [0, 0.05) is 11.5 Å². The van der Waals surface area contributed by atoms with Crippen LogP contribution in [0.5, 0.6) is 0 Å². The summed E-state index contributed by atoms with van der Waals surface area (Å²) in [6, 6.07) is 0. The molecule has 0 aromatic rings. The average Bonchev–Trinajstić information content (AvgIpc) is 2.62. The van der Waals surface area contributed by atoms with Gasteiger partial charge < -0.3 is 10.4 Å². The summed E-state index contributed by atoms with van der Waals surface area (Å²) in [4.78, 5) is 22.7. The van der Waals surface area contributed by atoms with Gasteiger partial charge in [-0.15, -0.1) is 0 Å². The van der Waals surface area contributed by atoms with Crippen LogP contribution in [0, 0.1) is 11.8 Å². The second kappa shape index (κ2) is 4.85. The quantitative estimate of drug-likeness (QED) is 0.769. The molecule has 4 nitrogen and oxygen atoms in total. The summed E-state index contributed by atoms with van der Waals surface area (Å²) >= 11 is 0. The first kappa shape index (κ1) is 13.0. The zero-order valence-corrected chi connectivity index (χ0v) is 10.2. The SMILES string of the molecule is CC(C(=O)O)C(C)C(=O)NC1(C)CCCC1. The van der Waals surface area contributed by atoms with Gasteiger partial charge in [0.25, 0.3) is 0 Å². The molecule has 1 aliphatic rings. The maximum Gasteiger partial charge on any atom is 0.307 e. The van der Waals surface area contributed by atoms with E-state index in [1.165, 1.54) is 0 Å². The number of rotatable bonds is 4. The number of aliphatic carboxylic acids is 1. The molecular weight excluding hydrogens is 206 g/mol. The number of hydrogen-bond donors (Lipinski definition) is 2. The van der Waals surface area contributed by atoms with E-state index in [9.17, 15) is 9.59 Å². The summed E-state index contributed by atoms with van der Waals surface area (Å²) in [5.74, 6) is -2.17. The average molecular weight is 227 g/mol. The summed E-state index contributed by atoms with van der Waals surface area (Å²) in [5.41, 5.74) is -0.121. The highest BCUT2D eigenvalue weighted by Gasteiger charge is 2.33. The van der Waals surface area contributed by atoms with Gasteiger partial charge >= 0.3 is 5.97 Å². The van der Waals surface area contributed by atoms with Crippen molar-refractivity contribution in [2.75, 3.05) is 0 Å². The van der Waals surface area contributed by atoms with Crippen LogP contribution in [0.25, 0.3) is 0 Å². The molecular formula is C12H21NO3. The molecule has 0 radical (unpaired) electrons. The summed E-state index contributed by atoms with van der Waals surface area (Å²) in [5, 5.41) is 11.8. The second-order valence-electron chi connectivity index (χ2n) is 5.17. The van der Waals surface area contributed by atoms with E-state index in [0.717, 1.165) is 25.7 Å². The van der Waals surface area contributed by atoms with Crippen molar-refractivity contribution in [3.63, 3.8) is 0 Å². The number of hydrogen-bond acceptors (Lipinski definition) is 2. The van der Waals surface area contributed by atoms with Crippen LogP contribution in [0.15, 0.2) is 0 Å². The molecule has 16 heavy (non-hydrogen) atoms. The topological polar surface area (TPSA) is 66.4 Å². The molecule has 1 rings (SSSR count). The van der Waals surface area contributed by atoms with Gasteiger partial charge in [-0.3, -0.25) is 9.59 Å². The lowest BCUT2D eigenvalue weighted by atomic mass is 9.93. The van der Waals surface area contributed by atoms with Crippen molar-refractivity contribution >= 4 is 11.9 Å². The molecule has 0 heterocycles. The van der Waals surface area contributed by atoms with Gasteiger partial charge in [0.1, 0.15) is 0 Å². The van der Waals surface area contributed by atoms with Gasteiger partial charge in [-0.25, -0.2) is 0 Å². The minimum absolute atomic E-state index is 0.121. The maximum absolute atomic E-state index is 11.9. The largest absolute Gasteiger partial charge is 0.481 e. The fourth-order valence-electron chi connectivity index (χ4n) is 2.13. The lowest BCUT2D eigenvalue weighted by Gasteiger charge is -2.28. The summed E-state index contributed by atoms with van der Waals surface area (Å²) in [6.07, 6.45) is 4.26. The molecule has 2 N–H and O–H groups in total. The first-order valence-electron chi connectivity index (χ1n) is 5.90. The van der Waals surface area contributed by atoms with Crippen molar-refractivity contribution in [1.29, 1.82) is 0 Å². The number of carbonyl (C=O) groups excluding carboxylic acids is 1. The summed E-state index contributed by atoms with van der Waals surface area (Å²) < 4.78 is 0. The van der Waals surface area contributed by atoms with Crippen molar-refractivity contribution in [2.45, 2.75) is 52.0 Å². The molecule has 1 aliphatic carbocycles. The van der Waals surface area contributed by atoms with Crippen LogP contribution in [0.2, 0.25) is 0 Å². The van der Waals surface area contributed by atoms with Gasteiger partial charge in [0.2, 0.25) is 5.91 Å². The van der Waals surface area contributed by atoms with Crippen LogP contribution >= 0.6 is 0 Å². The lowest BCUT2D eigenvalue weighted by Crippen LogP contribution is -2.47. The number of amides is 1. The first-order valence-corrected chi connectivity index (χ1v) is 5.90. The molecule has 4 heteroatoms. The fraction of sp³-hybridized carbons (Fsp3) is 0.833. The highest BCUT2D eigenvalue weighted by molar-refractivity contribution is 5.84. The van der Waals surface area contributed by atoms with Crippen molar-refractivity contribution < 1.29 is 14.7 Å². The van der Waals surface area contributed by atoms with E-state index in [1.54, 1.807) is 13.8 Å². The Kier molecular flexibility index (Phi) is 3.94. The minimum atomic E-state index is -0.917. The molecule has 0 aromatic carbocycles. The Labute approximate surface area is 96.4 Å². The van der Waals surface area contributed by atoms with Crippen molar-refractivity contribution in [3.05, 3.63) is 0 Å². The molecule has 92 valence electrons. The van der Waals surface area contributed by atoms with Gasteiger partial charge in [-0.2, -0.15) is 0 Å². The maximum atomic E-state index is 11.9. The third-order valence-corrected chi connectivity index (χ3v) is 3.69. The zero-order chi connectivity index (χ0) is 12.3. The monoisotopic (exact) mass is 227 g/mol. The molecule has 0 bridgehead atoms. The smallest absolute Gasteiger partial charge is 0.307 e. The van der Waals surface area contributed by atoms with Crippen LogP contribution in [-0.2, 0) is 9.59 Å². The van der Waals surface area contributed by atoms with E-state index in [-0.39, 0.29) is 11.4 Å². The van der Waals surface area contributed by atoms with Gasteiger partial charge in [0.05, 0.1) is 5.92 Å². The van der Waals surface area contributed by atoms with Gasteiger partial charge in [0.15, 0.2) is 0 Å². The molecule has 2 unspecified atom stereocenters. The van der Waals surface area contributed by atoms with E-state index in [0.29, 0.717) is 0 Å². The van der Waals surface area contributed by atoms with E-state index in [4.69, 9.17) is 5.11 Å². The Balaban J connectivity index is 2.54. The minimum Gasteiger partial charge on any atom is -0.481 e. The standard InChI is InChI=1S/C12H21NO3/c1-8(9(2)11(15)16)10(14)13-12(3)6-4-5-7-12/h8-9H,4-7H2,1-3H3,(H,13,14)(H,15,16). The molecule has 0 aromatic heterocycles. The normalized spacial score (nSPS) is 22.4. The van der Waals surface area contributed by atoms with Crippen molar-refractivity contribution in [2.24, 2.45) is 11.8 Å². The summed E-state index contributed by atoms with van der Waals surface area (Å²) in [7, 11) is 0. The van der Waals surface area contributed by atoms with Crippen LogP contribution in [0.1, 0.15) is 46.5 Å². The van der Waals surface area contributed by atoms with E-state index < -0.39 is 17.8 Å². The molecule has 0 aliphatic heterocycles.